The second kappa shape index (κ2) is 6.62. The summed E-state index contributed by atoms with van der Waals surface area (Å²) in [6.45, 7) is 5.58. The first-order valence-corrected chi connectivity index (χ1v) is 7.29. The van der Waals surface area contributed by atoms with Crippen molar-refractivity contribution < 1.29 is 9.90 Å². The van der Waals surface area contributed by atoms with E-state index in [1.54, 1.807) is 23.9 Å². The van der Waals surface area contributed by atoms with Crippen LogP contribution in [0.25, 0.3) is 5.69 Å². The fourth-order valence-corrected chi connectivity index (χ4v) is 2.05. The topological polar surface area (TPSA) is 79.2 Å². The molecule has 0 spiro atoms. The monoisotopic (exact) mass is 302 g/mol. The highest BCUT2D eigenvalue weighted by Gasteiger charge is 2.23. The van der Waals surface area contributed by atoms with Crippen LogP contribution in [0.4, 0.5) is 10.6 Å². The SMILES string of the molecule is CC[C@@](C)(CO)NC(=O)Nc1ccnn1-c1ccccc1C. The summed E-state index contributed by atoms with van der Waals surface area (Å²) in [6.07, 6.45) is 2.26. The number of nitrogens with zero attached hydrogens (tertiary/aromatic N) is 2. The summed E-state index contributed by atoms with van der Waals surface area (Å²) in [5, 5.41) is 19.2. The van der Waals surface area contributed by atoms with Gasteiger partial charge in [0.05, 0.1) is 24.0 Å². The number of nitrogens with one attached hydrogen (secondary N) is 2. The van der Waals surface area contributed by atoms with Gasteiger partial charge >= 0.3 is 6.03 Å². The van der Waals surface area contributed by atoms with Gasteiger partial charge in [-0.15, -0.1) is 0 Å². The molecular formula is C16H22N4O2. The lowest BCUT2D eigenvalue weighted by Crippen LogP contribution is -2.50. The number of anilines is 1. The van der Waals surface area contributed by atoms with E-state index in [0.29, 0.717) is 12.2 Å². The largest absolute Gasteiger partial charge is 0.394 e. The number of aliphatic hydroxyl groups is 1. The molecule has 0 aliphatic carbocycles. The number of benzene rings is 1. The predicted molar refractivity (Wildman–Crippen MR) is 86.2 cm³/mol. The first-order chi connectivity index (χ1) is 10.5. The van der Waals surface area contributed by atoms with Gasteiger partial charge in [-0.2, -0.15) is 5.10 Å². The number of aromatic nitrogens is 2. The van der Waals surface area contributed by atoms with Crippen molar-refractivity contribution in [3.63, 3.8) is 0 Å². The van der Waals surface area contributed by atoms with E-state index < -0.39 is 5.54 Å². The van der Waals surface area contributed by atoms with Crippen molar-refractivity contribution in [1.29, 1.82) is 0 Å². The molecule has 1 aromatic carbocycles. The van der Waals surface area contributed by atoms with E-state index in [-0.39, 0.29) is 12.6 Å². The lowest BCUT2D eigenvalue weighted by atomic mass is 10.0. The van der Waals surface area contributed by atoms with Crippen LogP contribution in [0.2, 0.25) is 0 Å². The van der Waals surface area contributed by atoms with Crippen LogP contribution in [0.5, 0.6) is 0 Å². The van der Waals surface area contributed by atoms with Gasteiger partial charge in [-0.25, -0.2) is 9.48 Å². The Balaban J connectivity index is 2.17. The minimum absolute atomic E-state index is 0.117. The fraction of sp³-hybridized carbons (Fsp3) is 0.375. The zero-order valence-electron chi connectivity index (χ0n) is 13.1. The Morgan fingerprint density at radius 3 is 2.73 bits per heavy atom. The Kier molecular flexibility index (Phi) is 4.82. The summed E-state index contributed by atoms with van der Waals surface area (Å²) in [7, 11) is 0. The Bertz CT molecular complexity index is 647. The number of amides is 2. The molecule has 0 saturated heterocycles. The van der Waals surface area contributed by atoms with Crippen LogP contribution in [0.15, 0.2) is 36.5 Å². The molecule has 2 rings (SSSR count). The maximum absolute atomic E-state index is 12.1. The number of carbonyl (C=O) groups excluding carboxylic acids is 1. The fourth-order valence-electron chi connectivity index (χ4n) is 2.05. The third kappa shape index (κ3) is 3.46. The molecule has 22 heavy (non-hydrogen) atoms. The summed E-state index contributed by atoms with van der Waals surface area (Å²) in [5.74, 6) is 0.572. The number of hydrogen-bond acceptors (Lipinski definition) is 3. The van der Waals surface area contributed by atoms with Gasteiger partial charge in [0.1, 0.15) is 5.82 Å². The van der Waals surface area contributed by atoms with Gasteiger partial charge in [0.2, 0.25) is 0 Å². The maximum Gasteiger partial charge on any atom is 0.320 e. The standard InChI is InChI=1S/C16H22N4O2/c1-4-16(3,11-21)19-15(22)18-14-9-10-17-20(14)13-8-6-5-7-12(13)2/h5-10,21H,4,11H2,1-3H3,(H2,18,19,22)/t16-/m0/s1. The Morgan fingerprint density at radius 2 is 2.09 bits per heavy atom. The van der Waals surface area contributed by atoms with Gasteiger partial charge < -0.3 is 10.4 Å². The number of aryl methyl sites for hydroxylation is 1. The van der Waals surface area contributed by atoms with Crippen LogP contribution >= 0.6 is 0 Å². The highest BCUT2D eigenvalue weighted by molar-refractivity contribution is 5.89. The van der Waals surface area contributed by atoms with E-state index in [2.05, 4.69) is 15.7 Å². The number of para-hydroxylation sites is 1. The van der Waals surface area contributed by atoms with Gasteiger partial charge in [-0.3, -0.25) is 5.32 Å². The molecule has 0 saturated carbocycles. The molecule has 6 heteroatoms. The van der Waals surface area contributed by atoms with Crippen LogP contribution in [0.1, 0.15) is 25.8 Å². The molecule has 0 unspecified atom stereocenters. The van der Waals surface area contributed by atoms with Crippen molar-refractivity contribution in [2.24, 2.45) is 0 Å². The van der Waals surface area contributed by atoms with E-state index >= 15 is 0 Å². The summed E-state index contributed by atoms with van der Waals surface area (Å²) in [5.41, 5.74) is 1.32. The zero-order valence-corrected chi connectivity index (χ0v) is 13.1. The van der Waals surface area contributed by atoms with Gasteiger partial charge in [0.25, 0.3) is 0 Å². The summed E-state index contributed by atoms with van der Waals surface area (Å²) >= 11 is 0. The average molecular weight is 302 g/mol. The molecule has 2 amide bonds. The number of carbonyl (C=O) groups is 1. The van der Waals surface area contributed by atoms with Crippen LogP contribution in [-0.2, 0) is 0 Å². The number of urea groups is 1. The molecule has 0 aliphatic rings. The molecule has 6 nitrogen and oxygen atoms in total. The Hall–Kier alpha value is -2.34. The van der Waals surface area contributed by atoms with Crippen molar-refractivity contribution in [1.82, 2.24) is 15.1 Å². The average Bonchev–Trinajstić information content (AvgIpc) is 2.95. The summed E-state index contributed by atoms with van der Waals surface area (Å²) < 4.78 is 1.68. The minimum atomic E-state index is -0.641. The summed E-state index contributed by atoms with van der Waals surface area (Å²) in [4.78, 5) is 12.1. The second-order valence-corrected chi connectivity index (χ2v) is 5.57. The van der Waals surface area contributed by atoms with Gasteiger partial charge in [0, 0.05) is 6.07 Å². The van der Waals surface area contributed by atoms with E-state index in [9.17, 15) is 9.90 Å². The van der Waals surface area contributed by atoms with Crippen LogP contribution in [0.3, 0.4) is 0 Å². The summed E-state index contributed by atoms with van der Waals surface area (Å²) in [6, 6.07) is 9.17. The van der Waals surface area contributed by atoms with Gasteiger partial charge in [-0.1, -0.05) is 25.1 Å². The molecule has 0 aliphatic heterocycles. The van der Waals surface area contributed by atoms with Gasteiger partial charge in [0.15, 0.2) is 0 Å². The number of hydrogen-bond donors (Lipinski definition) is 3. The maximum atomic E-state index is 12.1. The molecular weight excluding hydrogens is 280 g/mol. The molecule has 118 valence electrons. The molecule has 1 atom stereocenters. The number of rotatable bonds is 5. The van der Waals surface area contributed by atoms with Crippen molar-refractivity contribution in [2.75, 3.05) is 11.9 Å². The molecule has 0 radical (unpaired) electrons. The molecule has 0 fully saturated rings. The predicted octanol–water partition coefficient (Wildman–Crippen LogP) is 2.46. The lowest BCUT2D eigenvalue weighted by molar-refractivity contribution is 0.172. The molecule has 1 aromatic heterocycles. The number of aliphatic hydroxyl groups excluding tert-OH is 1. The zero-order chi connectivity index (χ0) is 16.2. The quantitative estimate of drug-likeness (QED) is 0.794. The highest BCUT2D eigenvalue weighted by Crippen LogP contribution is 2.18. The Labute approximate surface area is 130 Å². The van der Waals surface area contributed by atoms with E-state index in [4.69, 9.17) is 0 Å². The second-order valence-electron chi connectivity index (χ2n) is 5.57. The van der Waals surface area contributed by atoms with Crippen LogP contribution < -0.4 is 10.6 Å². The van der Waals surface area contributed by atoms with E-state index in [1.807, 2.05) is 38.1 Å². The Morgan fingerprint density at radius 1 is 1.36 bits per heavy atom. The van der Waals surface area contributed by atoms with Crippen LogP contribution in [-0.4, -0.2) is 33.1 Å². The van der Waals surface area contributed by atoms with Gasteiger partial charge in [-0.05, 0) is 31.9 Å². The van der Waals surface area contributed by atoms with E-state index in [0.717, 1.165) is 11.3 Å². The van der Waals surface area contributed by atoms with Crippen molar-refractivity contribution in [3.05, 3.63) is 42.1 Å². The molecule has 2 aromatic rings. The van der Waals surface area contributed by atoms with Crippen molar-refractivity contribution >= 4 is 11.8 Å². The van der Waals surface area contributed by atoms with Crippen molar-refractivity contribution in [3.8, 4) is 5.69 Å². The normalized spacial score (nSPS) is 13.5. The first kappa shape index (κ1) is 16.0. The smallest absolute Gasteiger partial charge is 0.320 e. The molecule has 0 bridgehead atoms. The minimum Gasteiger partial charge on any atom is -0.394 e. The van der Waals surface area contributed by atoms with Crippen molar-refractivity contribution in [2.45, 2.75) is 32.7 Å². The highest BCUT2D eigenvalue weighted by atomic mass is 16.3. The lowest BCUT2D eigenvalue weighted by Gasteiger charge is -2.27. The third-order valence-electron chi connectivity index (χ3n) is 3.77. The molecule has 1 heterocycles. The third-order valence-corrected chi connectivity index (χ3v) is 3.77. The first-order valence-electron chi connectivity index (χ1n) is 7.29. The van der Waals surface area contributed by atoms with E-state index in [1.165, 1.54) is 0 Å². The van der Waals surface area contributed by atoms with Crippen LogP contribution in [0, 0.1) is 6.92 Å². The molecule has 3 N–H and O–H groups in total.